The highest BCUT2D eigenvalue weighted by molar-refractivity contribution is 5.67. The average Bonchev–Trinajstić information content (AvgIpc) is 2.95. The fraction of sp³-hybridized carbons (Fsp3) is 0.353. The van der Waals surface area contributed by atoms with Gasteiger partial charge in [-0.15, -0.1) is 0 Å². The first-order valence-electron chi connectivity index (χ1n) is 7.24. The Morgan fingerprint density at radius 1 is 1.18 bits per heavy atom. The molecule has 2 rings (SSSR count). The van der Waals surface area contributed by atoms with Crippen molar-refractivity contribution >= 4 is 11.8 Å². The minimum Gasteiger partial charge on any atom is -0.467 e. The van der Waals surface area contributed by atoms with Gasteiger partial charge < -0.3 is 19.8 Å². The van der Waals surface area contributed by atoms with Crippen LogP contribution in [0, 0.1) is 0 Å². The summed E-state index contributed by atoms with van der Waals surface area (Å²) in [5, 5.41) is 6.02. The third-order valence-electron chi connectivity index (χ3n) is 2.81. The van der Waals surface area contributed by atoms with Crippen molar-refractivity contribution in [3.8, 4) is 0 Å². The predicted molar refractivity (Wildman–Crippen MR) is 85.6 cm³/mol. The molecule has 5 heteroatoms. The minimum absolute atomic E-state index is 0.415. The summed E-state index contributed by atoms with van der Waals surface area (Å²) in [4.78, 5) is 11.6. The monoisotopic (exact) mass is 302 g/mol. The van der Waals surface area contributed by atoms with Crippen LogP contribution in [0.2, 0.25) is 0 Å². The zero-order chi connectivity index (χ0) is 16.0. The molecule has 2 N–H and O–H groups in total. The lowest BCUT2D eigenvalue weighted by Gasteiger charge is -2.19. The fourth-order valence-corrected chi connectivity index (χ4v) is 1.88. The van der Waals surface area contributed by atoms with Gasteiger partial charge in [-0.05, 0) is 50.6 Å². The van der Waals surface area contributed by atoms with Crippen LogP contribution in [0.1, 0.15) is 32.1 Å². The van der Waals surface area contributed by atoms with Crippen molar-refractivity contribution in [3.63, 3.8) is 0 Å². The Morgan fingerprint density at radius 2 is 2.00 bits per heavy atom. The van der Waals surface area contributed by atoms with Gasteiger partial charge in [-0.1, -0.05) is 12.1 Å². The molecule has 5 nitrogen and oxygen atoms in total. The Kier molecular flexibility index (Phi) is 5.09. The van der Waals surface area contributed by atoms with Crippen LogP contribution in [0.3, 0.4) is 0 Å². The number of amides is 1. The number of carbonyl (C=O) groups excluding carboxylic acids is 1. The Morgan fingerprint density at radius 3 is 2.68 bits per heavy atom. The molecular formula is C17H22N2O3. The van der Waals surface area contributed by atoms with E-state index in [4.69, 9.17) is 9.15 Å². The number of furan rings is 1. The number of nitrogens with one attached hydrogen (secondary N) is 2. The lowest BCUT2D eigenvalue weighted by Crippen LogP contribution is -2.32. The van der Waals surface area contributed by atoms with Gasteiger partial charge in [0.1, 0.15) is 11.4 Å². The van der Waals surface area contributed by atoms with E-state index in [1.807, 2.05) is 57.2 Å². The van der Waals surface area contributed by atoms with Gasteiger partial charge in [0.25, 0.3) is 0 Å². The molecule has 118 valence electrons. The molecule has 0 fully saturated rings. The summed E-state index contributed by atoms with van der Waals surface area (Å²) in [5.74, 6) is 0.872. The Labute approximate surface area is 130 Å². The molecule has 1 heterocycles. The number of alkyl carbamates (subject to hydrolysis) is 1. The van der Waals surface area contributed by atoms with Gasteiger partial charge >= 0.3 is 6.09 Å². The van der Waals surface area contributed by atoms with E-state index in [1.165, 1.54) is 0 Å². The van der Waals surface area contributed by atoms with Gasteiger partial charge in [0.2, 0.25) is 0 Å². The summed E-state index contributed by atoms with van der Waals surface area (Å²) in [6, 6.07) is 11.6. The third-order valence-corrected chi connectivity index (χ3v) is 2.81. The Hall–Kier alpha value is -2.43. The van der Waals surface area contributed by atoms with Crippen LogP contribution in [-0.2, 0) is 17.8 Å². The molecule has 0 bridgehead atoms. The molecule has 0 radical (unpaired) electrons. The summed E-state index contributed by atoms with van der Waals surface area (Å²) in [7, 11) is 0. The quantitative estimate of drug-likeness (QED) is 0.878. The Balaban J connectivity index is 1.84. The molecule has 1 aromatic carbocycles. The molecule has 0 atom stereocenters. The largest absolute Gasteiger partial charge is 0.467 e. The van der Waals surface area contributed by atoms with Crippen LogP contribution < -0.4 is 10.6 Å². The van der Waals surface area contributed by atoms with Crippen molar-refractivity contribution in [1.29, 1.82) is 0 Å². The van der Waals surface area contributed by atoms with E-state index in [2.05, 4.69) is 10.6 Å². The van der Waals surface area contributed by atoms with Gasteiger partial charge in [0, 0.05) is 12.2 Å². The second-order valence-corrected chi connectivity index (χ2v) is 5.99. The number of hydrogen-bond donors (Lipinski definition) is 2. The van der Waals surface area contributed by atoms with Gasteiger partial charge in [0.05, 0.1) is 12.8 Å². The molecule has 1 aromatic heterocycles. The van der Waals surface area contributed by atoms with Crippen molar-refractivity contribution in [2.45, 2.75) is 39.5 Å². The van der Waals surface area contributed by atoms with Gasteiger partial charge in [-0.25, -0.2) is 4.79 Å². The van der Waals surface area contributed by atoms with Crippen LogP contribution in [0.4, 0.5) is 10.5 Å². The van der Waals surface area contributed by atoms with E-state index in [-0.39, 0.29) is 0 Å². The maximum absolute atomic E-state index is 11.6. The number of carbonyl (C=O) groups is 1. The zero-order valence-corrected chi connectivity index (χ0v) is 13.2. The van der Waals surface area contributed by atoms with Gasteiger partial charge in [-0.3, -0.25) is 0 Å². The van der Waals surface area contributed by atoms with Gasteiger partial charge in [0.15, 0.2) is 0 Å². The minimum atomic E-state index is -0.490. The lowest BCUT2D eigenvalue weighted by molar-refractivity contribution is 0.0523. The van der Waals surface area contributed by atoms with E-state index in [0.717, 1.165) is 17.0 Å². The van der Waals surface area contributed by atoms with Crippen LogP contribution in [-0.4, -0.2) is 11.7 Å². The maximum Gasteiger partial charge on any atom is 0.407 e. The average molecular weight is 302 g/mol. The van der Waals surface area contributed by atoms with Crippen molar-refractivity contribution in [2.75, 3.05) is 5.32 Å². The maximum atomic E-state index is 11.6. The van der Waals surface area contributed by atoms with Crippen LogP contribution in [0.25, 0.3) is 0 Å². The first-order chi connectivity index (χ1) is 10.4. The van der Waals surface area contributed by atoms with Crippen molar-refractivity contribution in [1.82, 2.24) is 5.32 Å². The molecule has 0 saturated carbocycles. The van der Waals surface area contributed by atoms with Gasteiger partial charge in [-0.2, -0.15) is 0 Å². The van der Waals surface area contributed by atoms with Crippen LogP contribution in [0.5, 0.6) is 0 Å². The summed E-state index contributed by atoms with van der Waals surface area (Å²) in [6.07, 6.45) is 1.24. The molecule has 0 aliphatic rings. The molecule has 0 aliphatic carbocycles. The molecule has 22 heavy (non-hydrogen) atoms. The van der Waals surface area contributed by atoms with Crippen molar-refractivity contribution < 1.29 is 13.9 Å². The molecule has 1 amide bonds. The normalized spacial score (nSPS) is 11.0. The standard InChI is InChI=1S/C17H22N2O3/c1-17(2,3)22-16(20)19-11-13-6-4-7-14(10-13)18-12-15-8-5-9-21-15/h4-10,18H,11-12H2,1-3H3,(H,19,20). The van der Waals surface area contributed by atoms with Crippen LogP contribution in [0.15, 0.2) is 47.1 Å². The lowest BCUT2D eigenvalue weighted by atomic mass is 10.2. The van der Waals surface area contributed by atoms with E-state index < -0.39 is 11.7 Å². The summed E-state index contributed by atoms with van der Waals surface area (Å²) >= 11 is 0. The topological polar surface area (TPSA) is 63.5 Å². The highest BCUT2D eigenvalue weighted by Gasteiger charge is 2.15. The van der Waals surface area contributed by atoms with Crippen molar-refractivity contribution in [2.24, 2.45) is 0 Å². The van der Waals surface area contributed by atoms with E-state index >= 15 is 0 Å². The molecule has 0 spiro atoms. The van der Waals surface area contributed by atoms with E-state index in [9.17, 15) is 4.79 Å². The predicted octanol–water partition coefficient (Wildman–Crippen LogP) is 3.92. The molecule has 0 unspecified atom stereocenters. The second-order valence-electron chi connectivity index (χ2n) is 5.99. The number of ether oxygens (including phenoxy) is 1. The first-order valence-corrected chi connectivity index (χ1v) is 7.24. The molecule has 2 aromatic rings. The number of benzene rings is 1. The van der Waals surface area contributed by atoms with E-state index in [1.54, 1.807) is 6.26 Å². The Bertz CT molecular complexity index is 601. The fourth-order valence-electron chi connectivity index (χ4n) is 1.88. The number of anilines is 1. The first kappa shape index (κ1) is 15.9. The number of hydrogen-bond acceptors (Lipinski definition) is 4. The SMILES string of the molecule is CC(C)(C)OC(=O)NCc1cccc(NCc2ccco2)c1. The zero-order valence-electron chi connectivity index (χ0n) is 13.2. The molecular weight excluding hydrogens is 280 g/mol. The highest BCUT2D eigenvalue weighted by Crippen LogP contribution is 2.13. The molecule has 0 aliphatic heterocycles. The van der Waals surface area contributed by atoms with Crippen molar-refractivity contribution in [3.05, 3.63) is 54.0 Å². The summed E-state index contributed by atoms with van der Waals surface area (Å²) in [5.41, 5.74) is 1.48. The van der Waals surface area contributed by atoms with E-state index in [0.29, 0.717) is 13.1 Å². The molecule has 0 saturated heterocycles. The summed E-state index contributed by atoms with van der Waals surface area (Å²) < 4.78 is 10.5. The highest BCUT2D eigenvalue weighted by atomic mass is 16.6. The smallest absolute Gasteiger partial charge is 0.407 e. The summed E-state index contributed by atoms with van der Waals surface area (Å²) in [6.45, 7) is 6.56. The number of rotatable bonds is 5. The second kappa shape index (κ2) is 7.02. The van der Waals surface area contributed by atoms with Crippen LogP contribution >= 0.6 is 0 Å². The third kappa shape index (κ3) is 5.52.